The Morgan fingerprint density at radius 3 is 2.59 bits per heavy atom. The van der Waals surface area contributed by atoms with E-state index in [4.69, 9.17) is 0 Å². The highest BCUT2D eigenvalue weighted by Gasteiger charge is 2.47. The van der Waals surface area contributed by atoms with Gasteiger partial charge in [-0.3, -0.25) is 0 Å². The van der Waals surface area contributed by atoms with Crippen LogP contribution < -0.4 is 0 Å². The van der Waals surface area contributed by atoms with Crippen LogP contribution in [0.3, 0.4) is 0 Å². The first-order valence-electron chi connectivity index (χ1n) is 7.20. The van der Waals surface area contributed by atoms with Crippen molar-refractivity contribution in [3.8, 4) is 0 Å². The van der Waals surface area contributed by atoms with Gasteiger partial charge in [0.2, 0.25) is 0 Å². The standard InChI is InChI=1S/C15H24S2/c1-12-5-2-7-15(11-12)8-3-6-13(15)14-16-9-4-10-17-14/h13-14H,1-11H2. The van der Waals surface area contributed by atoms with Crippen molar-refractivity contribution in [2.45, 2.75) is 55.9 Å². The van der Waals surface area contributed by atoms with Gasteiger partial charge in [-0.1, -0.05) is 18.6 Å². The first kappa shape index (κ1) is 12.5. The summed E-state index contributed by atoms with van der Waals surface area (Å²) in [4.78, 5) is 0. The molecule has 0 aromatic rings. The Kier molecular flexibility index (Phi) is 3.82. The number of hydrogen-bond donors (Lipinski definition) is 0. The Balaban J connectivity index is 1.75. The molecule has 0 bridgehead atoms. The molecule has 3 fully saturated rings. The molecule has 1 saturated heterocycles. The van der Waals surface area contributed by atoms with Crippen molar-refractivity contribution in [2.75, 3.05) is 11.5 Å². The van der Waals surface area contributed by atoms with Crippen LogP contribution in [0.2, 0.25) is 0 Å². The van der Waals surface area contributed by atoms with E-state index < -0.39 is 0 Å². The minimum atomic E-state index is 0.678. The van der Waals surface area contributed by atoms with E-state index in [0.29, 0.717) is 5.41 Å². The van der Waals surface area contributed by atoms with Crippen molar-refractivity contribution >= 4 is 23.5 Å². The highest BCUT2D eigenvalue weighted by Crippen LogP contribution is 2.58. The minimum Gasteiger partial charge on any atom is -0.147 e. The van der Waals surface area contributed by atoms with Gasteiger partial charge >= 0.3 is 0 Å². The van der Waals surface area contributed by atoms with Crippen LogP contribution in [0, 0.1) is 11.3 Å². The van der Waals surface area contributed by atoms with Crippen molar-refractivity contribution in [3.05, 3.63) is 12.2 Å². The fraction of sp³-hybridized carbons (Fsp3) is 0.867. The fourth-order valence-corrected chi connectivity index (χ4v) is 7.77. The SMILES string of the molecule is C=C1CCCC2(CCCC2C2SCCCS2)C1. The quantitative estimate of drug-likeness (QED) is 0.607. The van der Waals surface area contributed by atoms with Gasteiger partial charge in [-0.15, -0.1) is 23.5 Å². The van der Waals surface area contributed by atoms with E-state index in [1.165, 1.54) is 62.9 Å². The van der Waals surface area contributed by atoms with E-state index in [0.717, 1.165) is 10.5 Å². The number of rotatable bonds is 1. The van der Waals surface area contributed by atoms with Crippen LogP contribution >= 0.6 is 23.5 Å². The largest absolute Gasteiger partial charge is 0.147 e. The Morgan fingerprint density at radius 2 is 1.82 bits per heavy atom. The zero-order chi connectivity index (χ0) is 11.7. The van der Waals surface area contributed by atoms with Crippen LogP contribution in [0.25, 0.3) is 0 Å². The molecule has 2 aliphatic carbocycles. The molecule has 0 aromatic heterocycles. The second kappa shape index (κ2) is 5.21. The minimum absolute atomic E-state index is 0.678. The molecule has 2 atom stereocenters. The maximum absolute atomic E-state index is 4.30. The summed E-state index contributed by atoms with van der Waals surface area (Å²) in [5.74, 6) is 3.81. The summed E-state index contributed by atoms with van der Waals surface area (Å²) in [6, 6.07) is 0. The fourth-order valence-electron chi connectivity index (χ4n) is 4.22. The van der Waals surface area contributed by atoms with E-state index in [-0.39, 0.29) is 0 Å². The van der Waals surface area contributed by atoms with Crippen LogP contribution in [0.1, 0.15) is 51.4 Å². The van der Waals surface area contributed by atoms with E-state index in [1.54, 1.807) is 5.57 Å². The first-order valence-corrected chi connectivity index (χ1v) is 9.30. The lowest BCUT2D eigenvalue weighted by Gasteiger charge is -2.43. The average molecular weight is 268 g/mol. The molecule has 1 heterocycles. The van der Waals surface area contributed by atoms with E-state index >= 15 is 0 Å². The summed E-state index contributed by atoms with van der Waals surface area (Å²) >= 11 is 4.53. The van der Waals surface area contributed by atoms with E-state index in [9.17, 15) is 0 Å². The van der Waals surface area contributed by atoms with E-state index in [1.807, 2.05) is 0 Å². The van der Waals surface area contributed by atoms with Crippen LogP contribution in [0.4, 0.5) is 0 Å². The highest BCUT2D eigenvalue weighted by molar-refractivity contribution is 8.17. The second-order valence-corrected chi connectivity index (χ2v) is 8.90. The summed E-state index contributed by atoms with van der Waals surface area (Å²) in [5.41, 5.74) is 2.23. The summed E-state index contributed by atoms with van der Waals surface area (Å²) in [5, 5.41) is 0. The monoisotopic (exact) mass is 268 g/mol. The molecular formula is C15H24S2. The predicted molar refractivity (Wildman–Crippen MR) is 80.7 cm³/mol. The predicted octanol–water partition coefficient (Wildman–Crippen LogP) is 5.10. The molecule has 3 aliphatic rings. The lowest BCUT2D eigenvalue weighted by atomic mass is 9.66. The van der Waals surface area contributed by atoms with Crippen molar-refractivity contribution < 1.29 is 0 Å². The molecular weight excluding hydrogens is 244 g/mol. The van der Waals surface area contributed by atoms with E-state index in [2.05, 4.69) is 30.1 Å². The molecule has 2 unspecified atom stereocenters. The summed E-state index contributed by atoms with van der Waals surface area (Å²) < 4.78 is 0.914. The topological polar surface area (TPSA) is 0 Å². The summed E-state index contributed by atoms with van der Waals surface area (Å²) in [7, 11) is 0. The Morgan fingerprint density at radius 1 is 1.06 bits per heavy atom. The second-order valence-electron chi connectivity index (χ2n) is 6.10. The third kappa shape index (κ3) is 2.45. The first-order chi connectivity index (χ1) is 8.30. The maximum Gasteiger partial charge on any atom is 0.0536 e. The molecule has 3 rings (SSSR count). The third-order valence-electron chi connectivity index (χ3n) is 4.96. The number of allylic oxidation sites excluding steroid dienone is 1. The molecule has 0 N–H and O–H groups in total. The zero-order valence-corrected chi connectivity index (χ0v) is 12.4. The lowest BCUT2D eigenvalue weighted by molar-refractivity contribution is 0.166. The Labute approximate surface area is 114 Å². The zero-order valence-electron chi connectivity index (χ0n) is 10.7. The van der Waals surface area contributed by atoms with Gasteiger partial charge in [-0.2, -0.15) is 0 Å². The van der Waals surface area contributed by atoms with Gasteiger partial charge in [0.15, 0.2) is 0 Å². The maximum atomic E-state index is 4.30. The molecule has 2 heteroatoms. The van der Waals surface area contributed by atoms with Crippen molar-refractivity contribution in [2.24, 2.45) is 11.3 Å². The normalized spacial score (nSPS) is 40.0. The van der Waals surface area contributed by atoms with Gasteiger partial charge in [0.25, 0.3) is 0 Å². The molecule has 1 spiro atoms. The number of thioether (sulfide) groups is 2. The molecule has 2 saturated carbocycles. The Bertz CT molecular complexity index is 293. The van der Waals surface area contributed by atoms with Gasteiger partial charge in [0, 0.05) is 0 Å². The number of hydrogen-bond acceptors (Lipinski definition) is 2. The third-order valence-corrected chi connectivity index (χ3v) is 8.14. The van der Waals surface area contributed by atoms with Crippen molar-refractivity contribution in [1.29, 1.82) is 0 Å². The van der Waals surface area contributed by atoms with Gasteiger partial charge in [0.1, 0.15) is 0 Å². The molecule has 96 valence electrons. The summed E-state index contributed by atoms with van der Waals surface area (Å²) in [6.07, 6.45) is 11.5. The lowest BCUT2D eigenvalue weighted by Crippen LogP contribution is -2.35. The van der Waals surface area contributed by atoms with Crippen molar-refractivity contribution in [1.82, 2.24) is 0 Å². The highest BCUT2D eigenvalue weighted by atomic mass is 32.2. The molecule has 0 aromatic carbocycles. The average Bonchev–Trinajstić information content (AvgIpc) is 2.73. The van der Waals surface area contributed by atoms with Gasteiger partial charge in [0.05, 0.1) is 4.58 Å². The molecule has 1 aliphatic heterocycles. The molecule has 0 nitrogen and oxygen atoms in total. The van der Waals surface area contributed by atoms with Gasteiger partial charge in [-0.25, -0.2) is 0 Å². The molecule has 17 heavy (non-hydrogen) atoms. The van der Waals surface area contributed by atoms with Gasteiger partial charge < -0.3 is 0 Å². The molecule has 0 amide bonds. The summed E-state index contributed by atoms with van der Waals surface area (Å²) in [6.45, 7) is 4.30. The van der Waals surface area contributed by atoms with Crippen LogP contribution in [-0.4, -0.2) is 16.1 Å². The van der Waals surface area contributed by atoms with Crippen LogP contribution in [0.5, 0.6) is 0 Å². The van der Waals surface area contributed by atoms with Crippen LogP contribution in [-0.2, 0) is 0 Å². The van der Waals surface area contributed by atoms with Gasteiger partial charge in [-0.05, 0) is 67.8 Å². The smallest absolute Gasteiger partial charge is 0.0536 e. The van der Waals surface area contributed by atoms with Crippen molar-refractivity contribution in [3.63, 3.8) is 0 Å². The van der Waals surface area contributed by atoms with Crippen LogP contribution in [0.15, 0.2) is 12.2 Å². The Hall–Kier alpha value is 0.440. The molecule has 0 radical (unpaired) electrons.